The van der Waals surface area contributed by atoms with Crippen LogP contribution in [0.5, 0.6) is 0 Å². The van der Waals surface area contributed by atoms with Crippen LogP contribution in [0, 0.1) is 0 Å². The van der Waals surface area contributed by atoms with Crippen molar-refractivity contribution in [3.8, 4) is 0 Å². The Labute approximate surface area is 64.9 Å². The van der Waals surface area contributed by atoms with Gasteiger partial charge in [0.05, 0.1) is 0 Å². The van der Waals surface area contributed by atoms with Crippen molar-refractivity contribution < 1.29 is 14.7 Å². The quantitative estimate of drug-likeness (QED) is 0.571. The topological polar surface area (TPSA) is 66.4 Å². The van der Waals surface area contributed by atoms with E-state index in [1.807, 2.05) is 0 Å². The van der Waals surface area contributed by atoms with Gasteiger partial charge in [0.25, 0.3) is 0 Å². The lowest BCUT2D eigenvalue weighted by Crippen LogP contribution is -2.22. The molecule has 62 valence electrons. The van der Waals surface area contributed by atoms with Crippen LogP contribution in [0.2, 0.25) is 0 Å². The molecule has 11 heavy (non-hydrogen) atoms. The maximum absolute atomic E-state index is 10.3. The number of carboxylic acid groups (broad SMARTS) is 1. The maximum Gasteiger partial charge on any atom is 0.331 e. The molecule has 0 aliphatic heterocycles. The minimum absolute atomic E-state index is 0.110. The lowest BCUT2D eigenvalue weighted by atomic mass is 10.2. The number of nitrogens with one attached hydrogen (secondary N) is 1. The van der Waals surface area contributed by atoms with E-state index in [0.29, 0.717) is 6.54 Å². The Morgan fingerprint density at radius 2 is 2.09 bits per heavy atom. The lowest BCUT2D eigenvalue weighted by molar-refractivity contribution is -0.132. The molecule has 4 nitrogen and oxygen atoms in total. The van der Waals surface area contributed by atoms with Crippen LogP contribution in [-0.2, 0) is 9.59 Å². The first-order chi connectivity index (χ1) is 5.04. The molecule has 2 N–H and O–H groups in total. The van der Waals surface area contributed by atoms with E-state index in [1.54, 1.807) is 0 Å². The first kappa shape index (κ1) is 9.68. The molecule has 0 saturated carbocycles. The predicted octanol–water partition coefficient (Wildman–Crippen LogP) is 0.153. The van der Waals surface area contributed by atoms with Gasteiger partial charge >= 0.3 is 5.97 Å². The van der Waals surface area contributed by atoms with Gasteiger partial charge in [-0.1, -0.05) is 6.58 Å². The molecule has 1 amide bonds. The van der Waals surface area contributed by atoms with E-state index in [1.165, 1.54) is 6.92 Å². The van der Waals surface area contributed by atoms with E-state index in [4.69, 9.17) is 5.11 Å². The minimum Gasteiger partial charge on any atom is -0.478 e. The molecule has 0 fully saturated rings. The molecule has 0 heterocycles. The van der Waals surface area contributed by atoms with Crippen molar-refractivity contribution in [1.82, 2.24) is 5.32 Å². The highest BCUT2D eigenvalue weighted by Gasteiger charge is 2.02. The average Bonchev–Trinajstić information content (AvgIpc) is 1.86. The van der Waals surface area contributed by atoms with Crippen LogP contribution < -0.4 is 5.32 Å². The summed E-state index contributed by atoms with van der Waals surface area (Å²) in [6, 6.07) is 0. The Balaban J connectivity index is 3.47. The Hall–Kier alpha value is -1.32. The summed E-state index contributed by atoms with van der Waals surface area (Å²) in [5.41, 5.74) is 0.110. The Morgan fingerprint density at radius 1 is 1.55 bits per heavy atom. The molecule has 0 atom stereocenters. The molecule has 0 spiro atoms. The van der Waals surface area contributed by atoms with Crippen molar-refractivity contribution in [2.75, 3.05) is 6.54 Å². The van der Waals surface area contributed by atoms with Gasteiger partial charge in [-0.05, 0) is 6.42 Å². The molecule has 0 rings (SSSR count). The second kappa shape index (κ2) is 4.49. The van der Waals surface area contributed by atoms with Crippen molar-refractivity contribution >= 4 is 11.9 Å². The highest BCUT2D eigenvalue weighted by Crippen LogP contribution is 1.94. The van der Waals surface area contributed by atoms with E-state index >= 15 is 0 Å². The summed E-state index contributed by atoms with van der Waals surface area (Å²) in [5, 5.41) is 10.8. The van der Waals surface area contributed by atoms with Crippen molar-refractivity contribution in [3.05, 3.63) is 12.2 Å². The summed E-state index contributed by atoms with van der Waals surface area (Å²) in [7, 11) is 0. The second-order valence-corrected chi connectivity index (χ2v) is 2.14. The largest absolute Gasteiger partial charge is 0.478 e. The predicted molar refractivity (Wildman–Crippen MR) is 40.1 cm³/mol. The summed E-state index contributed by atoms with van der Waals surface area (Å²) in [4.78, 5) is 20.5. The molecule has 4 heteroatoms. The van der Waals surface area contributed by atoms with Gasteiger partial charge in [0, 0.05) is 19.0 Å². The fourth-order valence-corrected chi connectivity index (χ4v) is 0.496. The molecule has 0 aliphatic carbocycles. The number of hydrogen-bond donors (Lipinski definition) is 2. The Kier molecular flexibility index (Phi) is 3.95. The molecule has 0 saturated heterocycles. The molecule has 0 radical (unpaired) electrons. The molecule has 0 aliphatic rings. The summed E-state index contributed by atoms with van der Waals surface area (Å²) < 4.78 is 0. The van der Waals surface area contributed by atoms with Gasteiger partial charge in [-0.15, -0.1) is 0 Å². The van der Waals surface area contributed by atoms with Crippen molar-refractivity contribution in [2.45, 2.75) is 13.3 Å². The number of carbonyl (C=O) groups is 2. The van der Waals surface area contributed by atoms with E-state index in [9.17, 15) is 9.59 Å². The zero-order valence-corrected chi connectivity index (χ0v) is 6.39. The zero-order chi connectivity index (χ0) is 8.85. The first-order valence-electron chi connectivity index (χ1n) is 3.19. The fourth-order valence-electron chi connectivity index (χ4n) is 0.496. The molecule has 0 bridgehead atoms. The zero-order valence-electron chi connectivity index (χ0n) is 6.39. The van der Waals surface area contributed by atoms with E-state index in [2.05, 4.69) is 11.9 Å². The Bertz CT molecular complexity index is 186. The van der Waals surface area contributed by atoms with Gasteiger partial charge < -0.3 is 10.4 Å². The summed E-state index contributed by atoms with van der Waals surface area (Å²) in [6.07, 6.45) is 0.287. The number of amides is 1. The van der Waals surface area contributed by atoms with Crippen molar-refractivity contribution in [3.63, 3.8) is 0 Å². The van der Waals surface area contributed by atoms with Gasteiger partial charge in [0.1, 0.15) is 0 Å². The van der Waals surface area contributed by atoms with Gasteiger partial charge in [-0.2, -0.15) is 0 Å². The molecular formula is C7H11NO3. The van der Waals surface area contributed by atoms with Crippen LogP contribution in [0.15, 0.2) is 12.2 Å². The summed E-state index contributed by atoms with van der Waals surface area (Å²) >= 11 is 0. The van der Waals surface area contributed by atoms with E-state index < -0.39 is 5.97 Å². The van der Waals surface area contributed by atoms with Crippen LogP contribution in [0.1, 0.15) is 13.3 Å². The van der Waals surface area contributed by atoms with Gasteiger partial charge in [-0.25, -0.2) is 4.79 Å². The molecule has 0 aromatic heterocycles. The van der Waals surface area contributed by atoms with Gasteiger partial charge in [0.15, 0.2) is 0 Å². The molecular weight excluding hydrogens is 146 g/mol. The van der Waals surface area contributed by atoms with Gasteiger partial charge in [0.2, 0.25) is 5.91 Å². The molecule has 0 aromatic carbocycles. The van der Waals surface area contributed by atoms with E-state index in [-0.39, 0.29) is 17.9 Å². The fraction of sp³-hybridized carbons (Fsp3) is 0.429. The van der Waals surface area contributed by atoms with E-state index in [0.717, 1.165) is 0 Å². The highest BCUT2D eigenvalue weighted by atomic mass is 16.4. The molecule has 0 aromatic rings. The smallest absolute Gasteiger partial charge is 0.331 e. The third-order valence-corrected chi connectivity index (χ3v) is 1.10. The van der Waals surface area contributed by atoms with Crippen LogP contribution >= 0.6 is 0 Å². The second-order valence-electron chi connectivity index (χ2n) is 2.14. The number of carbonyl (C=O) groups excluding carboxylic acids is 1. The van der Waals surface area contributed by atoms with Crippen molar-refractivity contribution in [2.24, 2.45) is 0 Å². The Morgan fingerprint density at radius 3 is 2.45 bits per heavy atom. The summed E-state index contributed by atoms with van der Waals surface area (Å²) in [6.45, 7) is 5.01. The number of rotatable bonds is 4. The highest BCUT2D eigenvalue weighted by molar-refractivity contribution is 5.85. The number of hydrogen-bond acceptors (Lipinski definition) is 2. The van der Waals surface area contributed by atoms with Crippen LogP contribution in [0.25, 0.3) is 0 Å². The maximum atomic E-state index is 10.3. The van der Waals surface area contributed by atoms with Gasteiger partial charge in [-0.3, -0.25) is 4.79 Å². The third-order valence-electron chi connectivity index (χ3n) is 1.10. The first-order valence-corrected chi connectivity index (χ1v) is 3.19. The monoisotopic (exact) mass is 157 g/mol. The van der Waals surface area contributed by atoms with Crippen LogP contribution in [0.3, 0.4) is 0 Å². The average molecular weight is 157 g/mol. The lowest BCUT2D eigenvalue weighted by Gasteiger charge is -2.00. The number of carboxylic acids is 1. The SMILES string of the molecule is C=C(CCNC(C)=O)C(=O)O. The third kappa shape index (κ3) is 5.14. The normalized spacial score (nSPS) is 8.82. The molecule has 0 unspecified atom stereocenters. The van der Waals surface area contributed by atoms with Crippen LogP contribution in [-0.4, -0.2) is 23.5 Å². The standard InChI is InChI=1S/C7H11NO3/c1-5(7(10)11)3-4-8-6(2)9/h1,3-4H2,2H3,(H,8,9)(H,10,11). The number of aliphatic carboxylic acids is 1. The minimum atomic E-state index is -1.02. The van der Waals surface area contributed by atoms with Crippen LogP contribution in [0.4, 0.5) is 0 Å². The van der Waals surface area contributed by atoms with Crippen molar-refractivity contribution in [1.29, 1.82) is 0 Å². The summed E-state index contributed by atoms with van der Waals surface area (Å²) in [5.74, 6) is -1.18.